The number of nitrogens with zero attached hydrogens (tertiary/aromatic N) is 1. The Kier molecular flexibility index (Phi) is 8.55. The molecule has 0 bridgehead atoms. The number of nitrogens with one attached hydrogen (secondary N) is 1. The Labute approximate surface area is 161 Å². The SMILES string of the molecule is CCCOc1ccc(/C=N\NC(=O)CSCc2cccc(Br)c2)cc1. The van der Waals surface area contributed by atoms with E-state index in [-0.39, 0.29) is 5.91 Å². The molecule has 1 amide bonds. The summed E-state index contributed by atoms with van der Waals surface area (Å²) in [6.45, 7) is 2.78. The van der Waals surface area contributed by atoms with Crippen LogP contribution in [0.2, 0.25) is 0 Å². The molecule has 2 rings (SSSR count). The summed E-state index contributed by atoms with van der Waals surface area (Å²) in [6, 6.07) is 15.7. The van der Waals surface area contributed by atoms with Crippen molar-refractivity contribution in [2.24, 2.45) is 5.10 Å². The van der Waals surface area contributed by atoms with Crippen molar-refractivity contribution in [1.82, 2.24) is 5.43 Å². The van der Waals surface area contributed by atoms with Gasteiger partial charge in [0, 0.05) is 10.2 Å². The van der Waals surface area contributed by atoms with Crippen LogP contribution in [0.4, 0.5) is 0 Å². The lowest BCUT2D eigenvalue weighted by atomic mass is 10.2. The summed E-state index contributed by atoms with van der Waals surface area (Å²) in [5, 5.41) is 3.99. The number of amides is 1. The number of hydrogen-bond donors (Lipinski definition) is 1. The van der Waals surface area contributed by atoms with E-state index in [4.69, 9.17) is 4.74 Å². The van der Waals surface area contributed by atoms with E-state index in [9.17, 15) is 4.79 Å². The van der Waals surface area contributed by atoms with Gasteiger partial charge < -0.3 is 4.74 Å². The van der Waals surface area contributed by atoms with Crippen LogP contribution in [-0.2, 0) is 10.5 Å². The fraction of sp³-hybridized carbons (Fsp3) is 0.263. The molecule has 0 aliphatic carbocycles. The highest BCUT2D eigenvalue weighted by molar-refractivity contribution is 9.10. The zero-order valence-corrected chi connectivity index (χ0v) is 16.5. The fourth-order valence-corrected chi connectivity index (χ4v) is 3.18. The second kappa shape index (κ2) is 10.9. The average Bonchev–Trinajstić information content (AvgIpc) is 2.61. The topological polar surface area (TPSA) is 50.7 Å². The summed E-state index contributed by atoms with van der Waals surface area (Å²) in [4.78, 5) is 11.8. The molecule has 0 fully saturated rings. The smallest absolute Gasteiger partial charge is 0.250 e. The van der Waals surface area contributed by atoms with Gasteiger partial charge in [0.1, 0.15) is 5.75 Å². The number of thioether (sulfide) groups is 1. The third kappa shape index (κ3) is 7.75. The first-order valence-corrected chi connectivity index (χ1v) is 9.99. The Morgan fingerprint density at radius 3 is 2.80 bits per heavy atom. The van der Waals surface area contributed by atoms with Gasteiger partial charge >= 0.3 is 0 Å². The predicted molar refractivity (Wildman–Crippen MR) is 108 cm³/mol. The van der Waals surface area contributed by atoms with Gasteiger partial charge in [-0.1, -0.05) is 35.0 Å². The van der Waals surface area contributed by atoms with Crippen LogP contribution >= 0.6 is 27.7 Å². The third-order valence-electron chi connectivity index (χ3n) is 3.15. The molecular formula is C19H21BrN2O2S. The highest BCUT2D eigenvalue weighted by Gasteiger charge is 2.01. The molecule has 1 N–H and O–H groups in total. The maximum absolute atomic E-state index is 11.8. The summed E-state index contributed by atoms with van der Waals surface area (Å²) in [6.07, 6.45) is 2.61. The molecule has 0 radical (unpaired) electrons. The van der Waals surface area contributed by atoms with Gasteiger partial charge in [-0.05, 0) is 53.9 Å². The van der Waals surface area contributed by atoms with E-state index in [1.807, 2.05) is 42.5 Å². The van der Waals surface area contributed by atoms with Crippen LogP contribution < -0.4 is 10.2 Å². The molecular weight excluding hydrogens is 400 g/mol. The van der Waals surface area contributed by atoms with Crippen LogP contribution in [0, 0.1) is 0 Å². The average molecular weight is 421 g/mol. The van der Waals surface area contributed by atoms with Crippen molar-refractivity contribution in [3.8, 4) is 5.75 Å². The molecule has 0 aromatic heterocycles. The van der Waals surface area contributed by atoms with Crippen LogP contribution in [-0.4, -0.2) is 24.5 Å². The molecule has 0 spiro atoms. The summed E-state index contributed by atoms with van der Waals surface area (Å²) in [7, 11) is 0. The standard InChI is InChI=1S/C19H21BrN2O2S/c1-2-10-24-18-8-6-15(7-9-18)12-21-22-19(23)14-25-13-16-4-3-5-17(20)11-16/h3-9,11-12H,2,10,13-14H2,1H3,(H,22,23)/b21-12-. The summed E-state index contributed by atoms with van der Waals surface area (Å²) < 4.78 is 6.57. The van der Waals surface area contributed by atoms with Crippen molar-refractivity contribution in [3.05, 3.63) is 64.1 Å². The van der Waals surface area contributed by atoms with Gasteiger partial charge in [0.05, 0.1) is 18.6 Å². The first-order chi connectivity index (χ1) is 12.2. The van der Waals surface area contributed by atoms with E-state index in [2.05, 4.69) is 39.4 Å². The first kappa shape index (κ1) is 19.5. The second-order valence-electron chi connectivity index (χ2n) is 5.33. The molecule has 0 aliphatic heterocycles. The van der Waals surface area contributed by atoms with Gasteiger partial charge in [0.15, 0.2) is 0 Å². The number of benzene rings is 2. The van der Waals surface area contributed by atoms with E-state index in [0.29, 0.717) is 12.4 Å². The Morgan fingerprint density at radius 2 is 2.08 bits per heavy atom. The highest BCUT2D eigenvalue weighted by atomic mass is 79.9. The van der Waals surface area contributed by atoms with Gasteiger partial charge in [0.2, 0.25) is 5.91 Å². The molecule has 132 valence electrons. The first-order valence-electron chi connectivity index (χ1n) is 8.04. The van der Waals surface area contributed by atoms with Crippen molar-refractivity contribution >= 4 is 39.8 Å². The lowest BCUT2D eigenvalue weighted by Crippen LogP contribution is -2.19. The van der Waals surface area contributed by atoms with Crippen molar-refractivity contribution in [3.63, 3.8) is 0 Å². The molecule has 2 aromatic rings. The minimum Gasteiger partial charge on any atom is -0.494 e. The monoisotopic (exact) mass is 420 g/mol. The van der Waals surface area contributed by atoms with E-state index in [1.165, 1.54) is 5.56 Å². The highest BCUT2D eigenvalue weighted by Crippen LogP contribution is 2.16. The van der Waals surface area contributed by atoms with E-state index in [1.54, 1.807) is 18.0 Å². The number of ether oxygens (including phenoxy) is 1. The predicted octanol–water partition coefficient (Wildman–Crippen LogP) is 4.62. The number of halogens is 1. The molecule has 0 aliphatic rings. The van der Waals surface area contributed by atoms with Crippen molar-refractivity contribution in [2.45, 2.75) is 19.1 Å². The molecule has 0 heterocycles. The lowest BCUT2D eigenvalue weighted by molar-refractivity contribution is -0.118. The van der Waals surface area contributed by atoms with Gasteiger partial charge in [-0.15, -0.1) is 11.8 Å². The number of hydrogen-bond acceptors (Lipinski definition) is 4. The van der Waals surface area contributed by atoms with Crippen LogP contribution in [0.15, 0.2) is 58.1 Å². The molecule has 0 atom stereocenters. The number of carbonyl (C=O) groups excluding carboxylic acids is 1. The number of carbonyl (C=O) groups is 1. The summed E-state index contributed by atoms with van der Waals surface area (Å²) >= 11 is 5.00. The minimum atomic E-state index is -0.112. The van der Waals surface area contributed by atoms with Gasteiger partial charge in [-0.2, -0.15) is 5.10 Å². The van der Waals surface area contributed by atoms with Crippen LogP contribution in [0.25, 0.3) is 0 Å². The van der Waals surface area contributed by atoms with E-state index >= 15 is 0 Å². The maximum Gasteiger partial charge on any atom is 0.250 e. The molecule has 6 heteroatoms. The number of rotatable bonds is 9. The van der Waals surface area contributed by atoms with Crippen LogP contribution in [0.3, 0.4) is 0 Å². The third-order valence-corrected chi connectivity index (χ3v) is 4.64. The van der Waals surface area contributed by atoms with E-state index in [0.717, 1.165) is 28.0 Å². The fourth-order valence-electron chi connectivity index (χ4n) is 1.97. The Morgan fingerprint density at radius 1 is 1.28 bits per heavy atom. The van der Waals surface area contributed by atoms with Crippen LogP contribution in [0.1, 0.15) is 24.5 Å². The molecule has 25 heavy (non-hydrogen) atoms. The zero-order chi connectivity index (χ0) is 17.9. The zero-order valence-electron chi connectivity index (χ0n) is 14.1. The molecule has 0 saturated heterocycles. The maximum atomic E-state index is 11.8. The molecule has 2 aromatic carbocycles. The van der Waals surface area contributed by atoms with Crippen molar-refractivity contribution in [2.75, 3.05) is 12.4 Å². The van der Waals surface area contributed by atoms with Gasteiger partial charge in [-0.3, -0.25) is 4.79 Å². The van der Waals surface area contributed by atoms with Crippen molar-refractivity contribution < 1.29 is 9.53 Å². The van der Waals surface area contributed by atoms with E-state index < -0.39 is 0 Å². The molecule has 0 saturated carbocycles. The molecule has 4 nitrogen and oxygen atoms in total. The minimum absolute atomic E-state index is 0.112. The van der Waals surface area contributed by atoms with Crippen molar-refractivity contribution in [1.29, 1.82) is 0 Å². The Balaban J connectivity index is 1.69. The quantitative estimate of drug-likeness (QED) is 0.475. The number of hydrazone groups is 1. The van der Waals surface area contributed by atoms with Crippen LogP contribution in [0.5, 0.6) is 5.75 Å². The largest absolute Gasteiger partial charge is 0.494 e. The Hall–Kier alpha value is -1.79. The summed E-state index contributed by atoms with van der Waals surface area (Å²) in [5.41, 5.74) is 4.64. The summed E-state index contributed by atoms with van der Waals surface area (Å²) in [5.74, 6) is 1.88. The van der Waals surface area contributed by atoms with Gasteiger partial charge in [-0.25, -0.2) is 5.43 Å². The normalized spacial score (nSPS) is 10.8. The van der Waals surface area contributed by atoms with Gasteiger partial charge in [0.25, 0.3) is 0 Å². The Bertz CT molecular complexity index is 705. The second-order valence-corrected chi connectivity index (χ2v) is 7.23. The molecule has 0 unspecified atom stereocenters. The lowest BCUT2D eigenvalue weighted by Gasteiger charge is -2.04.